The highest BCUT2D eigenvalue weighted by molar-refractivity contribution is 7.89. The van der Waals surface area contributed by atoms with Crippen LogP contribution in [-0.4, -0.2) is 49.7 Å². The number of rotatable bonds is 3. The van der Waals surface area contributed by atoms with E-state index < -0.39 is 10.0 Å². The maximum Gasteiger partial charge on any atom is 0.253 e. The molecule has 0 aromatic heterocycles. The van der Waals surface area contributed by atoms with Crippen LogP contribution in [0.3, 0.4) is 0 Å². The average Bonchev–Trinajstić information content (AvgIpc) is 3.34. The van der Waals surface area contributed by atoms with Crippen molar-refractivity contribution in [1.29, 1.82) is 0 Å². The number of piperidine rings is 1. The summed E-state index contributed by atoms with van der Waals surface area (Å²) in [5, 5.41) is 0. The summed E-state index contributed by atoms with van der Waals surface area (Å²) in [6, 6.07) is 6.45. The summed E-state index contributed by atoms with van der Waals surface area (Å²) < 4.78 is 26.6. The van der Waals surface area contributed by atoms with Crippen LogP contribution in [0, 0.1) is 0 Å². The molecule has 1 aromatic rings. The summed E-state index contributed by atoms with van der Waals surface area (Å²) >= 11 is 0. The van der Waals surface area contributed by atoms with Crippen LogP contribution in [0.15, 0.2) is 40.3 Å². The quantitative estimate of drug-likeness (QED) is 0.779. The molecule has 4 rings (SSSR count). The van der Waals surface area contributed by atoms with Crippen LogP contribution in [-0.2, 0) is 10.0 Å². The second kappa shape index (κ2) is 6.57. The summed E-state index contributed by atoms with van der Waals surface area (Å²) in [7, 11) is -3.41. The van der Waals surface area contributed by atoms with E-state index in [1.165, 1.54) is 17.1 Å². The molecule has 1 aliphatic carbocycles. The molecule has 2 aliphatic heterocycles. The molecule has 0 radical (unpaired) electrons. The maximum atomic E-state index is 12.7. The molecule has 134 valence electrons. The molecule has 2 heterocycles. The molecule has 25 heavy (non-hydrogen) atoms. The number of likely N-dealkylation sites (tertiary alicyclic amines) is 1. The Labute approximate surface area is 149 Å². The molecule has 2 saturated heterocycles. The van der Waals surface area contributed by atoms with Crippen molar-refractivity contribution in [2.45, 2.75) is 43.4 Å². The van der Waals surface area contributed by atoms with Crippen molar-refractivity contribution < 1.29 is 13.2 Å². The lowest BCUT2D eigenvalue weighted by molar-refractivity contribution is 0.0743. The second-order valence-corrected chi connectivity index (χ2v) is 9.07. The first-order valence-corrected chi connectivity index (χ1v) is 10.6. The highest BCUT2D eigenvalue weighted by Crippen LogP contribution is 2.36. The maximum absolute atomic E-state index is 12.7. The molecule has 0 unspecified atom stereocenters. The third-order valence-corrected chi connectivity index (χ3v) is 7.37. The van der Waals surface area contributed by atoms with Gasteiger partial charge in [0.1, 0.15) is 0 Å². The standard InChI is InChI=1S/C19H24N2O3S/c22-19(20-13-9-16(10-14-20)15-3-4-15)17-5-7-18(8-6-17)25(23,24)21-11-1-2-12-21/h5-8H,1-4,9-14H2. The highest BCUT2D eigenvalue weighted by atomic mass is 32.2. The molecule has 0 atom stereocenters. The molecule has 1 saturated carbocycles. The molecule has 3 aliphatic rings. The topological polar surface area (TPSA) is 57.7 Å². The minimum atomic E-state index is -3.41. The third-order valence-electron chi connectivity index (χ3n) is 5.46. The summed E-state index contributed by atoms with van der Waals surface area (Å²) in [6.45, 7) is 2.72. The number of hydrogen-bond acceptors (Lipinski definition) is 3. The Morgan fingerprint density at radius 3 is 1.92 bits per heavy atom. The van der Waals surface area contributed by atoms with Gasteiger partial charge in [-0.1, -0.05) is 11.1 Å². The predicted molar refractivity (Wildman–Crippen MR) is 95.8 cm³/mol. The van der Waals surface area contributed by atoms with E-state index in [9.17, 15) is 13.2 Å². The van der Waals surface area contributed by atoms with Gasteiger partial charge >= 0.3 is 0 Å². The van der Waals surface area contributed by atoms with Gasteiger partial charge in [0.05, 0.1) is 4.90 Å². The number of nitrogens with zero attached hydrogens (tertiary/aromatic N) is 2. The zero-order valence-electron chi connectivity index (χ0n) is 14.4. The van der Waals surface area contributed by atoms with Crippen molar-refractivity contribution >= 4 is 15.9 Å². The highest BCUT2D eigenvalue weighted by Gasteiger charge is 2.28. The Bertz CT molecular complexity index is 790. The Balaban J connectivity index is 1.45. The first-order valence-electron chi connectivity index (χ1n) is 9.15. The van der Waals surface area contributed by atoms with E-state index in [4.69, 9.17) is 0 Å². The lowest BCUT2D eigenvalue weighted by Gasteiger charge is -2.28. The first kappa shape index (κ1) is 16.8. The van der Waals surface area contributed by atoms with Gasteiger partial charge < -0.3 is 4.90 Å². The van der Waals surface area contributed by atoms with Crippen LogP contribution in [0.25, 0.3) is 0 Å². The van der Waals surface area contributed by atoms with E-state index in [0.717, 1.165) is 38.8 Å². The largest absolute Gasteiger partial charge is 0.338 e. The fourth-order valence-electron chi connectivity index (χ4n) is 3.78. The van der Waals surface area contributed by atoms with Gasteiger partial charge in [-0.15, -0.1) is 0 Å². The van der Waals surface area contributed by atoms with Gasteiger partial charge in [0.25, 0.3) is 5.91 Å². The molecule has 6 heteroatoms. The molecule has 0 N–H and O–H groups in total. The smallest absolute Gasteiger partial charge is 0.253 e. The van der Waals surface area contributed by atoms with Crippen LogP contribution in [0.4, 0.5) is 0 Å². The van der Waals surface area contributed by atoms with Gasteiger partial charge in [0.15, 0.2) is 0 Å². The lowest BCUT2D eigenvalue weighted by Crippen LogP contribution is -2.36. The summed E-state index contributed by atoms with van der Waals surface area (Å²) in [4.78, 5) is 14.8. The van der Waals surface area contributed by atoms with E-state index in [-0.39, 0.29) is 10.8 Å². The van der Waals surface area contributed by atoms with Gasteiger partial charge in [-0.05, 0) is 62.8 Å². The Kier molecular flexibility index (Phi) is 4.41. The summed E-state index contributed by atoms with van der Waals surface area (Å²) in [6.07, 6.45) is 6.31. The van der Waals surface area contributed by atoms with E-state index >= 15 is 0 Å². The van der Waals surface area contributed by atoms with Crippen molar-refractivity contribution in [3.63, 3.8) is 0 Å². The number of amides is 1. The van der Waals surface area contributed by atoms with Crippen molar-refractivity contribution in [1.82, 2.24) is 9.21 Å². The predicted octanol–water partition coefficient (Wildman–Crippen LogP) is 2.80. The number of allylic oxidation sites excluding steroid dienone is 1. The third kappa shape index (κ3) is 3.37. The van der Waals surface area contributed by atoms with Crippen LogP contribution >= 0.6 is 0 Å². The molecule has 0 spiro atoms. The molecule has 3 fully saturated rings. The number of hydrogen-bond donors (Lipinski definition) is 0. The SMILES string of the molecule is O=C(c1ccc(S(=O)(=O)N2CCCC2)cc1)N1CCC(=C2CC2)CC1. The fraction of sp³-hybridized carbons (Fsp3) is 0.526. The number of carbonyl (C=O) groups excluding carboxylic acids is 1. The van der Waals surface area contributed by atoms with Gasteiger partial charge in [0, 0.05) is 31.7 Å². The zero-order valence-corrected chi connectivity index (χ0v) is 15.2. The molecular weight excluding hydrogens is 336 g/mol. The second-order valence-electron chi connectivity index (χ2n) is 7.13. The van der Waals surface area contributed by atoms with Crippen LogP contribution in [0.1, 0.15) is 48.9 Å². The van der Waals surface area contributed by atoms with Crippen LogP contribution in [0.2, 0.25) is 0 Å². The van der Waals surface area contributed by atoms with Crippen molar-refractivity contribution in [2.24, 2.45) is 0 Å². The van der Waals surface area contributed by atoms with Gasteiger partial charge in [-0.3, -0.25) is 4.79 Å². The summed E-state index contributed by atoms with van der Waals surface area (Å²) in [5.41, 5.74) is 3.72. The van der Waals surface area contributed by atoms with E-state index in [0.29, 0.717) is 18.7 Å². The number of benzene rings is 1. The van der Waals surface area contributed by atoms with Crippen molar-refractivity contribution in [2.75, 3.05) is 26.2 Å². The Morgan fingerprint density at radius 1 is 0.800 bits per heavy atom. The Morgan fingerprint density at radius 2 is 1.36 bits per heavy atom. The van der Waals surface area contributed by atoms with Gasteiger partial charge in [-0.25, -0.2) is 8.42 Å². The molecular formula is C19H24N2O3S. The van der Waals surface area contributed by atoms with E-state index in [2.05, 4.69) is 0 Å². The first-order chi connectivity index (χ1) is 12.1. The summed E-state index contributed by atoms with van der Waals surface area (Å²) in [5.74, 6) is 0.00460. The molecule has 5 nitrogen and oxygen atoms in total. The molecule has 0 bridgehead atoms. The van der Waals surface area contributed by atoms with Crippen LogP contribution < -0.4 is 0 Å². The van der Waals surface area contributed by atoms with Gasteiger partial charge in [-0.2, -0.15) is 4.31 Å². The van der Waals surface area contributed by atoms with E-state index in [1.54, 1.807) is 35.4 Å². The average molecular weight is 360 g/mol. The van der Waals surface area contributed by atoms with Crippen molar-refractivity contribution in [3.05, 3.63) is 41.0 Å². The van der Waals surface area contributed by atoms with Crippen molar-refractivity contribution in [3.8, 4) is 0 Å². The fourth-order valence-corrected chi connectivity index (χ4v) is 5.30. The number of carbonyl (C=O) groups is 1. The number of sulfonamides is 1. The van der Waals surface area contributed by atoms with Gasteiger partial charge in [0.2, 0.25) is 10.0 Å². The van der Waals surface area contributed by atoms with E-state index in [1.807, 2.05) is 4.90 Å². The minimum absolute atomic E-state index is 0.00460. The monoisotopic (exact) mass is 360 g/mol. The normalized spacial score (nSPS) is 21.7. The Hall–Kier alpha value is -1.66. The molecule has 1 amide bonds. The van der Waals surface area contributed by atoms with Crippen LogP contribution in [0.5, 0.6) is 0 Å². The zero-order chi connectivity index (χ0) is 17.4. The lowest BCUT2D eigenvalue weighted by atomic mass is 10.0. The molecule has 1 aromatic carbocycles. The minimum Gasteiger partial charge on any atom is -0.338 e.